The zero-order valence-corrected chi connectivity index (χ0v) is 17.9. The smallest absolute Gasteiger partial charge is 0.292 e. The largest absolute Gasteiger partial charge is 0.332 e. The molecule has 0 bridgehead atoms. The quantitative estimate of drug-likeness (QED) is 0.641. The third-order valence-corrected chi connectivity index (χ3v) is 7.22. The number of fused-ring (bicyclic) bond motifs is 1. The first kappa shape index (κ1) is 20.3. The molecule has 0 radical (unpaired) electrons. The van der Waals surface area contributed by atoms with Crippen molar-refractivity contribution in [2.75, 3.05) is 21.1 Å². The van der Waals surface area contributed by atoms with Crippen LogP contribution in [0.15, 0.2) is 54.6 Å². The minimum Gasteiger partial charge on any atom is -0.292 e. The van der Waals surface area contributed by atoms with Gasteiger partial charge in [0.15, 0.2) is 22.5 Å². The van der Waals surface area contributed by atoms with Crippen LogP contribution in [0.3, 0.4) is 0 Å². The molecular weight excluding hydrogens is 410 g/mol. The topological polar surface area (TPSA) is 95.1 Å². The van der Waals surface area contributed by atoms with Gasteiger partial charge in [-0.3, -0.25) is 33.9 Å². The van der Waals surface area contributed by atoms with Crippen LogP contribution < -0.4 is 0 Å². The Hall–Kier alpha value is -3.65. The number of Topliss-reactive ketones (excluding diaryl/α,β-unsaturated/α-hetero) is 2. The Morgan fingerprint density at radius 2 is 1.19 bits per heavy atom. The molecule has 5 rings (SSSR count). The van der Waals surface area contributed by atoms with E-state index < -0.39 is 46.4 Å². The Labute approximate surface area is 184 Å². The summed E-state index contributed by atoms with van der Waals surface area (Å²) in [6.45, 7) is 0. The number of nitrogens with zero attached hydrogens (tertiary/aromatic N) is 3. The highest BCUT2D eigenvalue weighted by atomic mass is 16.2. The van der Waals surface area contributed by atoms with Crippen LogP contribution in [0.5, 0.6) is 0 Å². The zero-order valence-electron chi connectivity index (χ0n) is 17.9. The molecule has 2 saturated heterocycles. The number of imide groups is 2. The average molecular weight is 431 g/mol. The lowest BCUT2D eigenvalue weighted by molar-refractivity contribution is -0.159. The second-order valence-electron chi connectivity index (χ2n) is 8.65. The number of carbonyl (C=O) groups excluding carboxylic acids is 5. The maximum Gasteiger partial charge on any atom is 0.332 e. The molecule has 0 saturated carbocycles. The van der Waals surface area contributed by atoms with Gasteiger partial charge >= 0.3 is 6.03 Å². The molecule has 2 aliphatic heterocycles. The van der Waals surface area contributed by atoms with Gasteiger partial charge in [-0.15, -0.1) is 0 Å². The summed E-state index contributed by atoms with van der Waals surface area (Å²) >= 11 is 0. The molecular formula is C24H21N3O5. The summed E-state index contributed by atoms with van der Waals surface area (Å²) in [4.78, 5) is 70.6. The van der Waals surface area contributed by atoms with Crippen molar-refractivity contribution in [3.05, 3.63) is 71.3 Å². The van der Waals surface area contributed by atoms with Gasteiger partial charge in [-0.2, -0.15) is 0 Å². The van der Waals surface area contributed by atoms with Gasteiger partial charge in [0.2, 0.25) is 11.8 Å². The summed E-state index contributed by atoms with van der Waals surface area (Å²) in [5, 5.41) is 0. The summed E-state index contributed by atoms with van der Waals surface area (Å²) in [5.74, 6) is -2.28. The van der Waals surface area contributed by atoms with Crippen molar-refractivity contribution in [1.29, 1.82) is 0 Å². The number of hydrogen-bond acceptors (Lipinski definition) is 6. The number of ketones is 2. The fraction of sp³-hybridized carbons (Fsp3) is 0.292. The molecule has 1 atom stereocenters. The predicted octanol–water partition coefficient (Wildman–Crippen LogP) is 1.92. The Kier molecular flexibility index (Phi) is 4.07. The molecule has 2 fully saturated rings. The molecule has 2 heterocycles. The standard InChI is InChI=1S/C24H21N3O5/c1-25-20(30)23(21(31)26(2)22(25)32)13-24(27(3)17(23)14-9-5-4-6-10-14)18(28)15-11-7-8-12-16(15)19(24)29/h4-12,17H,13H2,1-3H3/t17-/m0/s1. The molecule has 3 aliphatic rings. The van der Waals surface area contributed by atoms with E-state index in [9.17, 15) is 24.0 Å². The molecule has 4 amide bonds. The Balaban J connectivity index is 1.79. The highest BCUT2D eigenvalue weighted by molar-refractivity contribution is 6.34. The number of amides is 4. The van der Waals surface area contributed by atoms with Crippen molar-refractivity contribution < 1.29 is 24.0 Å². The lowest BCUT2D eigenvalue weighted by Gasteiger charge is -2.43. The number of benzene rings is 2. The average Bonchev–Trinajstić information content (AvgIpc) is 3.22. The molecule has 162 valence electrons. The Morgan fingerprint density at radius 1 is 0.719 bits per heavy atom. The number of likely N-dealkylation sites (tertiary alicyclic amines) is 1. The van der Waals surface area contributed by atoms with E-state index in [2.05, 4.69) is 0 Å². The van der Waals surface area contributed by atoms with Crippen molar-refractivity contribution in [3.8, 4) is 0 Å². The number of rotatable bonds is 1. The lowest BCUT2D eigenvalue weighted by Crippen LogP contribution is -2.64. The highest BCUT2D eigenvalue weighted by Gasteiger charge is 2.75. The molecule has 0 unspecified atom stereocenters. The van der Waals surface area contributed by atoms with E-state index in [0.717, 1.165) is 9.80 Å². The molecule has 2 aromatic carbocycles. The minimum atomic E-state index is -1.80. The van der Waals surface area contributed by atoms with Crippen LogP contribution in [0.2, 0.25) is 0 Å². The number of likely N-dealkylation sites (N-methyl/N-ethyl adjacent to an activating group) is 1. The molecule has 0 aromatic heterocycles. The van der Waals surface area contributed by atoms with E-state index in [1.54, 1.807) is 66.5 Å². The first-order chi connectivity index (χ1) is 15.2. The summed E-state index contributed by atoms with van der Waals surface area (Å²) < 4.78 is 0. The summed E-state index contributed by atoms with van der Waals surface area (Å²) in [7, 11) is 4.23. The van der Waals surface area contributed by atoms with Gasteiger partial charge in [0.1, 0.15) is 0 Å². The minimum absolute atomic E-state index is 0.279. The monoisotopic (exact) mass is 431 g/mol. The van der Waals surface area contributed by atoms with Crippen molar-refractivity contribution in [2.45, 2.75) is 18.0 Å². The van der Waals surface area contributed by atoms with Gasteiger partial charge < -0.3 is 0 Å². The zero-order chi connectivity index (χ0) is 23.0. The first-order valence-corrected chi connectivity index (χ1v) is 10.3. The maximum absolute atomic E-state index is 13.7. The Morgan fingerprint density at radius 3 is 1.69 bits per heavy atom. The second-order valence-corrected chi connectivity index (χ2v) is 8.65. The summed E-state index contributed by atoms with van der Waals surface area (Å²) in [6, 6.07) is 13.7. The molecule has 2 aromatic rings. The normalized spacial score (nSPS) is 24.2. The highest BCUT2D eigenvalue weighted by Crippen LogP contribution is 2.59. The van der Waals surface area contributed by atoms with Crippen molar-refractivity contribution >= 4 is 29.4 Å². The van der Waals surface area contributed by atoms with Crippen LogP contribution in [0.4, 0.5) is 4.79 Å². The van der Waals surface area contributed by atoms with Crippen LogP contribution in [-0.4, -0.2) is 70.8 Å². The van der Waals surface area contributed by atoms with Crippen molar-refractivity contribution in [3.63, 3.8) is 0 Å². The Bertz CT molecular complexity index is 1160. The molecule has 32 heavy (non-hydrogen) atoms. The van der Waals surface area contributed by atoms with Crippen molar-refractivity contribution in [2.24, 2.45) is 5.41 Å². The van der Waals surface area contributed by atoms with E-state index in [-0.39, 0.29) is 17.5 Å². The van der Waals surface area contributed by atoms with Crippen LogP contribution in [0, 0.1) is 5.41 Å². The third-order valence-electron chi connectivity index (χ3n) is 7.22. The number of hydrogen-bond donors (Lipinski definition) is 0. The van der Waals surface area contributed by atoms with Gasteiger partial charge in [0.05, 0.1) is 6.04 Å². The van der Waals surface area contributed by atoms with Gasteiger partial charge in [-0.1, -0.05) is 54.6 Å². The van der Waals surface area contributed by atoms with Gasteiger partial charge in [-0.25, -0.2) is 4.79 Å². The van der Waals surface area contributed by atoms with E-state index in [1.807, 2.05) is 0 Å². The molecule has 1 aliphatic carbocycles. The van der Waals surface area contributed by atoms with Gasteiger partial charge in [0, 0.05) is 31.6 Å². The van der Waals surface area contributed by atoms with E-state index in [4.69, 9.17) is 0 Å². The summed E-state index contributed by atoms with van der Waals surface area (Å²) in [6.07, 6.45) is -0.331. The van der Waals surface area contributed by atoms with E-state index in [1.165, 1.54) is 14.1 Å². The van der Waals surface area contributed by atoms with Crippen LogP contribution >= 0.6 is 0 Å². The van der Waals surface area contributed by atoms with Crippen LogP contribution in [0.1, 0.15) is 38.7 Å². The summed E-state index contributed by atoms with van der Waals surface area (Å²) in [5.41, 5.74) is -2.34. The predicted molar refractivity (Wildman–Crippen MR) is 113 cm³/mol. The maximum atomic E-state index is 13.7. The SMILES string of the molecule is CN1C(=O)N(C)C(=O)C2(CC3(C(=O)c4ccccc4C3=O)N(C)[C@H]2c2ccccc2)C1=O. The molecule has 8 heteroatoms. The van der Waals surface area contributed by atoms with Gasteiger partial charge in [-0.05, 0) is 12.6 Å². The number of barbiturate groups is 1. The molecule has 0 N–H and O–H groups in total. The number of urea groups is 1. The van der Waals surface area contributed by atoms with Crippen LogP contribution in [0.25, 0.3) is 0 Å². The first-order valence-electron chi connectivity index (χ1n) is 10.3. The number of carbonyl (C=O) groups is 5. The molecule has 8 nitrogen and oxygen atoms in total. The van der Waals surface area contributed by atoms with Crippen molar-refractivity contribution in [1.82, 2.24) is 14.7 Å². The van der Waals surface area contributed by atoms with Crippen LogP contribution in [-0.2, 0) is 9.59 Å². The fourth-order valence-electron chi connectivity index (χ4n) is 5.70. The van der Waals surface area contributed by atoms with Gasteiger partial charge in [0.25, 0.3) is 0 Å². The molecule has 2 spiro atoms. The fourth-order valence-corrected chi connectivity index (χ4v) is 5.70. The van der Waals surface area contributed by atoms with E-state index >= 15 is 0 Å². The third kappa shape index (κ3) is 2.12. The second kappa shape index (κ2) is 6.43. The van der Waals surface area contributed by atoms with E-state index in [0.29, 0.717) is 5.56 Å². The lowest BCUT2D eigenvalue weighted by atomic mass is 9.70.